The van der Waals surface area contributed by atoms with Crippen molar-refractivity contribution < 1.29 is 5.11 Å². The van der Waals surface area contributed by atoms with E-state index in [-0.39, 0.29) is 24.0 Å². The van der Waals surface area contributed by atoms with Crippen molar-refractivity contribution in [3.63, 3.8) is 0 Å². The van der Waals surface area contributed by atoms with Crippen LogP contribution in [0.15, 0.2) is 11.2 Å². The lowest BCUT2D eigenvalue weighted by molar-refractivity contribution is 0.0574. The average molecular weight is 438 g/mol. The Labute approximate surface area is 154 Å². The third kappa shape index (κ3) is 6.37. The van der Waals surface area contributed by atoms with Gasteiger partial charge in [-0.2, -0.15) is 0 Å². The zero-order valence-corrected chi connectivity index (χ0v) is 16.5. The maximum atomic E-state index is 10.3. The number of aromatic nitrogens is 1. The third-order valence-corrected chi connectivity index (χ3v) is 4.68. The molecule has 1 heterocycles. The lowest BCUT2D eigenvalue weighted by atomic mass is 10.0. The Kier molecular flexibility index (Phi) is 8.63. The van der Waals surface area contributed by atoms with E-state index in [4.69, 9.17) is 0 Å². The summed E-state index contributed by atoms with van der Waals surface area (Å²) in [6, 6.07) is 0. The van der Waals surface area contributed by atoms with Gasteiger partial charge in [0.25, 0.3) is 0 Å². The Morgan fingerprint density at radius 2 is 2.14 bits per heavy atom. The summed E-state index contributed by atoms with van der Waals surface area (Å²) in [6.45, 7) is 6.23. The minimum atomic E-state index is -0.589. The van der Waals surface area contributed by atoms with Crippen LogP contribution in [0.2, 0.25) is 0 Å². The number of hydrogen-bond donors (Lipinski definition) is 3. The number of thiazole rings is 1. The van der Waals surface area contributed by atoms with Crippen molar-refractivity contribution in [1.29, 1.82) is 0 Å². The van der Waals surface area contributed by atoms with Crippen molar-refractivity contribution in [3.8, 4) is 0 Å². The number of aliphatic hydroxyl groups is 1. The second-order valence-electron chi connectivity index (χ2n) is 5.67. The van der Waals surface area contributed by atoms with E-state index in [1.807, 2.05) is 13.1 Å². The molecule has 1 aliphatic rings. The summed E-state index contributed by atoms with van der Waals surface area (Å²) in [4.78, 5) is 10.1. The minimum absolute atomic E-state index is 0. The largest absolute Gasteiger partial charge is 0.388 e. The Balaban J connectivity index is 0.00000242. The number of hydrogen-bond acceptors (Lipinski definition) is 4. The molecule has 0 atom stereocenters. The van der Waals surface area contributed by atoms with Crippen LogP contribution in [0.3, 0.4) is 0 Å². The first-order valence-corrected chi connectivity index (χ1v) is 8.59. The first-order chi connectivity index (χ1) is 10.1. The molecule has 0 unspecified atom stereocenters. The van der Waals surface area contributed by atoms with E-state index in [0.29, 0.717) is 6.54 Å². The molecule has 0 aromatic carbocycles. The number of nitrogens with one attached hydrogen (secondary N) is 2. The fraction of sp³-hybridized carbons (Fsp3) is 0.733. The van der Waals surface area contributed by atoms with E-state index >= 15 is 0 Å². The maximum absolute atomic E-state index is 10.3. The highest BCUT2D eigenvalue weighted by atomic mass is 127. The molecule has 2 rings (SSSR count). The van der Waals surface area contributed by atoms with E-state index < -0.39 is 5.60 Å². The van der Waals surface area contributed by atoms with E-state index in [2.05, 4.69) is 27.5 Å². The molecule has 0 aliphatic heterocycles. The van der Waals surface area contributed by atoms with Crippen LogP contribution < -0.4 is 10.6 Å². The molecule has 1 aliphatic carbocycles. The number of nitrogens with zero attached hydrogens (tertiary/aromatic N) is 2. The van der Waals surface area contributed by atoms with Crippen LogP contribution in [0.25, 0.3) is 0 Å². The molecule has 1 fully saturated rings. The Bertz CT molecular complexity index is 472. The number of halogens is 1. The van der Waals surface area contributed by atoms with Crippen LogP contribution in [-0.2, 0) is 6.42 Å². The molecule has 0 bridgehead atoms. The lowest BCUT2D eigenvalue weighted by Gasteiger charge is -2.20. The van der Waals surface area contributed by atoms with Gasteiger partial charge in [-0.25, -0.2) is 4.98 Å². The van der Waals surface area contributed by atoms with Gasteiger partial charge in [-0.05, 0) is 26.7 Å². The molecule has 0 saturated heterocycles. The molecule has 0 amide bonds. The first-order valence-electron chi connectivity index (χ1n) is 7.77. The van der Waals surface area contributed by atoms with Crippen molar-refractivity contribution in [3.05, 3.63) is 16.1 Å². The molecule has 126 valence electrons. The monoisotopic (exact) mass is 438 g/mol. The van der Waals surface area contributed by atoms with Crippen LogP contribution in [0.5, 0.6) is 0 Å². The van der Waals surface area contributed by atoms with Crippen LogP contribution in [0.4, 0.5) is 0 Å². The van der Waals surface area contributed by atoms with Gasteiger partial charge in [0.1, 0.15) is 0 Å². The second kappa shape index (κ2) is 9.67. The summed E-state index contributed by atoms with van der Waals surface area (Å²) in [6.07, 6.45) is 6.77. The number of rotatable bonds is 6. The fourth-order valence-electron chi connectivity index (χ4n) is 2.56. The minimum Gasteiger partial charge on any atom is -0.388 e. The molecule has 1 aromatic heterocycles. The molecule has 7 heteroatoms. The molecule has 0 spiro atoms. The van der Waals surface area contributed by atoms with Gasteiger partial charge in [0.05, 0.1) is 17.2 Å². The lowest BCUT2D eigenvalue weighted by Crippen LogP contribution is -2.40. The smallest absolute Gasteiger partial charge is 0.191 e. The van der Waals surface area contributed by atoms with Crippen molar-refractivity contribution in [2.75, 3.05) is 19.6 Å². The van der Waals surface area contributed by atoms with Crippen molar-refractivity contribution >= 4 is 41.3 Å². The van der Waals surface area contributed by atoms with Crippen LogP contribution in [0.1, 0.15) is 42.5 Å². The van der Waals surface area contributed by atoms with Gasteiger partial charge in [-0.15, -0.1) is 35.3 Å². The van der Waals surface area contributed by atoms with E-state index in [1.54, 1.807) is 11.3 Å². The number of aliphatic imine (C=N–C) groups is 1. The van der Waals surface area contributed by atoms with E-state index in [0.717, 1.165) is 56.2 Å². The summed E-state index contributed by atoms with van der Waals surface area (Å²) in [7, 11) is 0. The molecular weight excluding hydrogens is 411 g/mol. The highest BCUT2D eigenvalue weighted by Crippen LogP contribution is 2.29. The summed E-state index contributed by atoms with van der Waals surface area (Å²) in [5.74, 6) is 0.783. The SMILES string of the molecule is CCNC(=NCC1(O)CCCC1)NCCc1ncc(C)s1.I. The molecule has 1 aromatic rings. The van der Waals surface area contributed by atoms with Gasteiger partial charge >= 0.3 is 0 Å². The molecule has 3 N–H and O–H groups in total. The Hall–Kier alpha value is -0.410. The van der Waals surface area contributed by atoms with Gasteiger partial charge < -0.3 is 15.7 Å². The quantitative estimate of drug-likeness (QED) is 0.363. The fourth-order valence-corrected chi connectivity index (χ4v) is 3.35. The highest BCUT2D eigenvalue weighted by Gasteiger charge is 2.30. The van der Waals surface area contributed by atoms with Crippen LogP contribution in [0, 0.1) is 6.92 Å². The predicted molar refractivity (Wildman–Crippen MR) is 103 cm³/mol. The maximum Gasteiger partial charge on any atom is 0.191 e. The summed E-state index contributed by atoms with van der Waals surface area (Å²) in [5.41, 5.74) is -0.589. The summed E-state index contributed by atoms with van der Waals surface area (Å²) >= 11 is 1.73. The molecular formula is C15H27IN4OS. The third-order valence-electron chi connectivity index (χ3n) is 3.71. The number of guanidine groups is 1. The van der Waals surface area contributed by atoms with Crippen LogP contribution in [-0.4, -0.2) is 41.3 Å². The second-order valence-corrected chi connectivity index (χ2v) is 6.99. The summed E-state index contributed by atoms with van der Waals surface area (Å²) < 4.78 is 0. The predicted octanol–water partition coefficient (Wildman–Crippen LogP) is 2.47. The Morgan fingerprint density at radius 1 is 1.41 bits per heavy atom. The van der Waals surface area contributed by atoms with E-state index in [9.17, 15) is 5.11 Å². The van der Waals surface area contributed by atoms with Gasteiger partial charge in [-0.1, -0.05) is 12.8 Å². The zero-order chi connectivity index (χ0) is 15.1. The number of aryl methyl sites for hydroxylation is 1. The molecule has 5 nitrogen and oxygen atoms in total. The molecule has 22 heavy (non-hydrogen) atoms. The van der Waals surface area contributed by atoms with Gasteiger partial charge in [0, 0.05) is 30.6 Å². The van der Waals surface area contributed by atoms with Crippen molar-refractivity contribution in [1.82, 2.24) is 15.6 Å². The Morgan fingerprint density at radius 3 is 2.73 bits per heavy atom. The van der Waals surface area contributed by atoms with Gasteiger partial charge in [0.2, 0.25) is 0 Å². The van der Waals surface area contributed by atoms with E-state index in [1.165, 1.54) is 4.88 Å². The van der Waals surface area contributed by atoms with Crippen LogP contribution >= 0.6 is 35.3 Å². The van der Waals surface area contributed by atoms with Gasteiger partial charge in [0.15, 0.2) is 5.96 Å². The zero-order valence-electron chi connectivity index (χ0n) is 13.4. The standard InChI is InChI=1S/C15H26N4OS.HI/c1-3-16-14(19-11-15(20)7-4-5-8-15)17-9-6-13-18-10-12(2)21-13;/h10,20H,3-9,11H2,1-2H3,(H2,16,17,19);1H. The first kappa shape index (κ1) is 19.6. The molecule has 0 radical (unpaired) electrons. The van der Waals surface area contributed by atoms with Crippen molar-refractivity contribution in [2.45, 2.75) is 51.6 Å². The highest BCUT2D eigenvalue weighted by molar-refractivity contribution is 14.0. The summed E-state index contributed by atoms with van der Waals surface area (Å²) in [5, 5.41) is 18.0. The average Bonchev–Trinajstić information content (AvgIpc) is 3.06. The molecule has 1 saturated carbocycles. The topological polar surface area (TPSA) is 69.5 Å². The van der Waals surface area contributed by atoms with Gasteiger partial charge in [-0.3, -0.25) is 4.99 Å². The normalized spacial score (nSPS) is 17.1. The van der Waals surface area contributed by atoms with Crippen molar-refractivity contribution in [2.24, 2.45) is 4.99 Å².